The summed E-state index contributed by atoms with van der Waals surface area (Å²) < 4.78 is 38.4. The lowest BCUT2D eigenvalue weighted by molar-refractivity contribution is -0.137. The normalized spacial score (nSPS) is 21.8. The molecule has 19 heavy (non-hydrogen) atoms. The van der Waals surface area contributed by atoms with Crippen molar-refractivity contribution in [1.29, 1.82) is 5.26 Å². The number of rotatable bonds is 4. The van der Waals surface area contributed by atoms with E-state index in [4.69, 9.17) is 5.26 Å². The lowest BCUT2D eigenvalue weighted by Gasteiger charge is -2.12. The summed E-state index contributed by atoms with van der Waals surface area (Å²) in [5.41, 5.74) is -0.762. The van der Waals surface area contributed by atoms with Gasteiger partial charge in [0.05, 0.1) is 17.2 Å². The molecule has 102 valence electrons. The molecule has 0 bridgehead atoms. The highest BCUT2D eigenvalue weighted by Gasteiger charge is 2.37. The van der Waals surface area contributed by atoms with Crippen molar-refractivity contribution in [3.05, 3.63) is 29.3 Å². The van der Waals surface area contributed by atoms with Crippen LogP contribution in [0.2, 0.25) is 0 Å². The fourth-order valence-electron chi connectivity index (χ4n) is 2.29. The van der Waals surface area contributed by atoms with E-state index in [1.54, 1.807) is 6.07 Å². The zero-order valence-corrected chi connectivity index (χ0v) is 10.6. The monoisotopic (exact) mass is 268 g/mol. The molecule has 1 N–H and O–H groups in total. The SMILES string of the molecule is CCCC1CC1Nc1ccc(C#N)c(C(F)(F)F)c1. The largest absolute Gasteiger partial charge is 0.417 e. The molecule has 2 rings (SSSR count). The van der Waals surface area contributed by atoms with E-state index in [0.717, 1.165) is 25.3 Å². The van der Waals surface area contributed by atoms with E-state index in [2.05, 4.69) is 12.2 Å². The highest BCUT2D eigenvalue weighted by atomic mass is 19.4. The molecule has 1 aliphatic rings. The molecule has 0 heterocycles. The molecule has 0 radical (unpaired) electrons. The molecule has 0 aliphatic heterocycles. The van der Waals surface area contributed by atoms with Gasteiger partial charge in [0.15, 0.2) is 0 Å². The number of hydrogen-bond donors (Lipinski definition) is 1. The molecule has 2 nitrogen and oxygen atoms in total. The van der Waals surface area contributed by atoms with Crippen molar-refractivity contribution >= 4 is 5.69 Å². The molecule has 0 aromatic heterocycles. The van der Waals surface area contributed by atoms with E-state index >= 15 is 0 Å². The molecule has 2 atom stereocenters. The third kappa shape index (κ3) is 3.19. The first-order valence-electron chi connectivity index (χ1n) is 6.33. The van der Waals surface area contributed by atoms with Gasteiger partial charge in [0.25, 0.3) is 0 Å². The van der Waals surface area contributed by atoms with Crippen molar-refractivity contribution in [2.24, 2.45) is 5.92 Å². The fourth-order valence-corrected chi connectivity index (χ4v) is 2.29. The van der Waals surface area contributed by atoms with Gasteiger partial charge in [0.2, 0.25) is 0 Å². The summed E-state index contributed by atoms with van der Waals surface area (Å²) in [5.74, 6) is 0.565. The summed E-state index contributed by atoms with van der Waals surface area (Å²) in [4.78, 5) is 0. The Morgan fingerprint density at radius 1 is 1.42 bits per heavy atom. The lowest BCUT2D eigenvalue weighted by atomic mass is 10.1. The highest BCUT2D eigenvalue weighted by Crippen LogP contribution is 2.39. The number of hydrogen-bond acceptors (Lipinski definition) is 2. The van der Waals surface area contributed by atoms with Gasteiger partial charge in [-0.15, -0.1) is 0 Å². The van der Waals surface area contributed by atoms with Crippen molar-refractivity contribution in [2.45, 2.75) is 38.4 Å². The zero-order chi connectivity index (χ0) is 14.0. The first-order valence-corrected chi connectivity index (χ1v) is 6.33. The Morgan fingerprint density at radius 2 is 2.16 bits per heavy atom. The number of halogens is 3. The molecule has 0 saturated heterocycles. The molecule has 0 spiro atoms. The van der Waals surface area contributed by atoms with Crippen molar-refractivity contribution < 1.29 is 13.2 Å². The number of benzene rings is 1. The average Bonchev–Trinajstić information content (AvgIpc) is 3.06. The Kier molecular flexibility index (Phi) is 3.70. The summed E-state index contributed by atoms with van der Waals surface area (Å²) in [6.45, 7) is 2.10. The van der Waals surface area contributed by atoms with Crippen LogP contribution in [0.3, 0.4) is 0 Å². The van der Waals surface area contributed by atoms with Gasteiger partial charge in [0, 0.05) is 11.7 Å². The van der Waals surface area contributed by atoms with Gasteiger partial charge in [-0.05, 0) is 37.0 Å². The predicted octanol–water partition coefficient (Wildman–Crippen LogP) is 4.18. The molecule has 1 aromatic carbocycles. The third-order valence-corrected chi connectivity index (χ3v) is 3.38. The van der Waals surface area contributed by atoms with Crippen molar-refractivity contribution in [3.8, 4) is 6.07 Å². The van der Waals surface area contributed by atoms with E-state index in [1.807, 2.05) is 0 Å². The molecular weight excluding hydrogens is 253 g/mol. The van der Waals surface area contributed by atoms with Crippen LogP contribution in [0, 0.1) is 17.2 Å². The number of alkyl halides is 3. The van der Waals surface area contributed by atoms with Crippen LogP contribution in [0.25, 0.3) is 0 Å². The van der Waals surface area contributed by atoms with Crippen LogP contribution in [0.5, 0.6) is 0 Å². The maximum Gasteiger partial charge on any atom is 0.417 e. The number of nitrogens with one attached hydrogen (secondary N) is 1. The Bertz CT molecular complexity index is 502. The van der Waals surface area contributed by atoms with Crippen LogP contribution in [-0.2, 0) is 6.18 Å². The van der Waals surface area contributed by atoms with Gasteiger partial charge in [-0.25, -0.2) is 0 Å². The van der Waals surface area contributed by atoms with E-state index in [1.165, 1.54) is 12.1 Å². The van der Waals surface area contributed by atoms with Crippen LogP contribution in [-0.4, -0.2) is 6.04 Å². The molecule has 1 fully saturated rings. The fraction of sp³-hybridized carbons (Fsp3) is 0.500. The maximum atomic E-state index is 12.8. The topological polar surface area (TPSA) is 35.8 Å². The molecular formula is C14H15F3N2. The molecule has 0 amide bonds. The van der Waals surface area contributed by atoms with Crippen molar-refractivity contribution in [2.75, 3.05) is 5.32 Å². The summed E-state index contributed by atoms with van der Waals surface area (Å²) in [5, 5.41) is 11.8. The summed E-state index contributed by atoms with van der Waals surface area (Å²) in [7, 11) is 0. The summed E-state index contributed by atoms with van der Waals surface area (Å²) in [6, 6.07) is 5.64. The van der Waals surface area contributed by atoms with E-state index in [-0.39, 0.29) is 11.6 Å². The van der Waals surface area contributed by atoms with Crippen molar-refractivity contribution in [1.82, 2.24) is 0 Å². The van der Waals surface area contributed by atoms with Gasteiger partial charge >= 0.3 is 6.18 Å². The minimum atomic E-state index is -4.49. The first kappa shape index (κ1) is 13.7. The van der Waals surface area contributed by atoms with Crippen LogP contribution in [0.4, 0.5) is 18.9 Å². The molecule has 1 aliphatic carbocycles. The molecule has 1 aromatic rings. The Labute approximate surface area is 110 Å². The molecule has 1 saturated carbocycles. The standard InChI is InChI=1S/C14H15F3N2/c1-2-3-9-6-13(9)19-11-5-4-10(8-18)12(7-11)14(15,16)17/h4-5,7,9,13,19H,2-3,6H2,1H3. The van der Waals surface area contributed by atoms with Gasteiger partial charge in [-0.2, -0.15) is 18.4 Å². The van der Waals surface area contributed by atoms with E-state index in [0.29, 0.717) is 11.6 Å². The highest BCUT2D eigenvalue weighted by molar-refractivity contribution is 5.54. The zero-order valence-electron chi connectivity index (χ0n) is 10.6. The van der Waals surface area contributed by atoms with Gasteiger partial charge in [0.1, 0.15) is 0 Å². The van der Waals surface area contributed by atoms with Gasteiger partial charge in [-0.3, -0.25) is 0 Å². The Balaban J connectivity index is 2.14. The third-order valence-electron chi connectivity index (χ3n) is 3.38. The first-order chi connectivity index (χ1) is 8.95. The second-order valence-corrected chi connectivity index (χ2v) is 4.91. The number of nitrogens with zero attached hydrogens (tertiary/aromatic N) is 1. The van der Waals surface area contributed by atoms with E-state index < -0.39 is 11.7 Å². The number of anilines is 1. The Hall–Kier alpha value is -1.70. The smallest absolute Gasteiger partial charge is 0.382 e. The van der Waals surface area contributed by atoms with Crippen LogP contribution in [0.15, 0.2) is 18.2 Å². The van der Waals surface area contributed by atoms with Crippen molar-refractivity contribution in [3.63, 3.8) is 0 Å². The van der Waals surface area contributed by atoms with Crippen LogP contribution >= 0.6 is 0 Å². The lowest BCUT2D eigenvalue weighted by Crippen LogP contribution is -2.10. The van der Waals surface area contributed by atoms with Crippen LogP contribution in [0.1, 0.15) is 37.3 Å². The average molecular weight is 268 g/mol. The minimum absolute atomic E-state index is 0.272. The van der Waals surface area contributed by atoms with Crippen LogP contribution < -0.4 is 5.32 Å². The number of nitriles is 1. The molecule has 5 heteroatoms. The van der Waals surface area contributed by atoms with E-state index in [9.17, 15) is 13.2 Å². The maximum absolute atomic E-state index is 12.8. The second kappa shape index (κ2) is 5.12. The molecule has 2 unspecified atom stereocenters. The Morgan fingerprint density at radius 3 is 2.74 bits per heavy atom. The van der Waals surface area contributed by atoms with Gasteiger partial charge in [-0.1, -0.05) is 13.3 Å². The predicted molar refractivity (Wildman–Crippen MR) is 66.6 cm³/mol. The summed E-state index contributed by atoms with van der Waals surface area (Å²) in [6.07, 6.45) is -1.30. The second-order valence-electron chi connectivity index (χ2n) is 4.91. The summed E-state index contributed by atoms with van der Waals surface area (Å²) >= 11 is 0. The minimum Gasteiger partial charge on any atom is -0.382 e. The quantitative estimate of drug-likeness (QED) is 0.889. The van der Waals surface area contributed by atoms with Gasteiger partial charge < -0.3 is 5.32 Å².